The molecule has 0 unspecified atom stereocenters. The molecule has 0 aliphatic heterocycles. The van der Waals surface area contributed by atoms with Gasteiger partial charge in [-0.3, -0.25) is 9.20 Å². The first-order chi connectivity index (χ1) is 10.4. The van der Waals surface area contributed by atoms with Gasteiger partial charge < -0.3 is 4.98 Å². The molecule has 0 spiro atoms. The predicted octanol–water partition coefficient (Wildman–Crippen LogP) is 3.61. The molecule has 4 nitrogen and oxygen atoms in total. The molecule has 0 saturated carbocycles. The summed E-state index contributed by atoms with van der Waals surface area (Å²) in [5, 5.41) is 0.850. The molecular weight excluding hydrogens is 294 g/mol. The molecule has 0 aliphatic carbocycles. The predicted molar refractivity (Wildman–Crippen MR) is 90.5 cm³/mol. The van der Waals surface area contributed by atoms with Gasteiger partial charge in [-0.15, -0.1) is 11.8 Å². The summed E-state index contributed by atoms with van der Waals surface area (Å²) < 4.78 is 1.57. The molecular formula is C17H19N3OS. The summed E-state index contributed by atoms with van der Waals surface area (Å²) in [4.78, 5) is 20.0. The van der Waals surface area contributed by atoms with E-state index in [0.29, 0.717) is 5.78 Å². The van der Waals surface area contributed by atoms with Crippen LogP contribution in [0.4, 0.5) is 0 Å². The highest BCUT2D eigenvalue weighted by Crippen LogP contribution is 2.23. The minimum absolute atomic E-state index is 0.0438. The fraction of sp³-hybridized carbons (Fsp3) is 0.294. The van der Waals surface area contributed by atoms with Crippen molar-refractivity contribution in [3.8, 4) is 0 Å². The van der Waals surface area contributed by atoms with Crippen LogP contribution < -0.4 is 5.56 Å². The summed E-state index contributed by atoms with van der Waals surface area (Å²) in [6, 6.07) is 11.9. The average molecular weight is 313 g/mol. The molecule has 0 aliphatic rings. The number of aromatic nitrogens is 3. The summed E-state index contributed by atoms with van der Waals surface area (Å²) in [5.74, 6) is 1.44. The lowest BCUT2D eigenvalue weighted by molar-refractivity contribution is 0.567. The number of imidazole rings is 1. The van der Waals surface area contributed by atoms with Crippen molar-refractivity contribution in [3.63, 3.8) is 0 Å². The Morgan fingerprint density at radius 3 is 2.64 bits per heavy atom. The molecule has 0 amide bonds. The van der Waals surface area contributed by atoms with Crippen molar-refractivity contribution in [1.29, 1.82) is 0 Å². The van der Waals surface area contributed by atoms with Gasteiger partial charge in [0.25, 0.3) is 5.56 Å². The molecule has 0 fully saturated rings. The average Bonchev–Trinajstić information content (AvgIpc) is 2.89. The smallest absolute Gasteiger partial charge is 0.259 e. The molecule has 2 aromatic heterocycles. The Morgan fingerprint density at radius 1 is 1.23 bits per heavy atom. The Bertz CT molecular complexity index is 844. The minimum Gasteiger partial charge on any atom is -0.328 e. The highest BCUT2D eigenvalue weighted by molar-refractivity contribution is 7.98. The SMILES string of the molecule is CC(C)(C)c1cc(=O)n2cc(SCc3ccccc3)nc2[nH]1. The number of nitrogens with zero attached hydrogens (tertiary/aromatic N) is 2. The third-order valence-electron chi connectivity index (χ3n) is 3.47. The third-order valence-corrected chi connectivity index (χ3v) is 4.44. The van der Waals surface area contributed by atoms with Gasteiger partial charge in [-0.25, -0.2) is 4.98 Å². The van der Waals surface area contributed by atoms with Gasteiger partial charge >= 0.3 is 0 Å². The number of benzene rings is 1. The second-order valence-corrected chi connectivity index (χ2v) is 7.31. The maximum Gasteiger partial charge on any atom is 0.259 e. The van der Waals surface area contributed by atoms with Gasteiger partial charge in [0, 0.05) is 29.1 Å². The molecule has 0 radical (unpaired) electrons. The zero-order chi connectivity index (χ0) is 15.7. The number of hydrogen-bond donors (Lipinski definition) is 1. The van der Waals surface area contributed by atoms with Crippen LogP contribution in [0.1, 0.15) is 32.0 Å². The van der Waals surface area contributed by atoms with Gasteiger partial charge in [0.2, 0.25) is 5.78 Å². The van der Waals surface area contributed by atoms with E-state index in [-0.39, 0.29) is 11.0 Å². The van der Waals surface area contributed by atoms with E-state index >= 15 is 0 Å². The second-order valence-electron chi connectivity index (χ2n) is 6.32. The number of hydrogen-bond acceptors (Lipinski definition) is 3. The molecule has 0 bridgehead atoms. The lowest BCUT2D eigenvalue weighted by Gasteiger charge is -2.18. The van der Waals surface area contributed by atoms with Gasteiger partial charge in [-0.2, -0.15) is 0 Å². The van der Waals surface area contributed by atoms with E-state index in [1.807, 2.05) is 18.2 Å². The fourth-order valence-corrected chi connectivity index (χ4v) is 3.01. The molecule has 114 valence electrons. The lowest BCUT2D eigenvalue weighted by Crippen LogP contribution is -2.21. The standard InChI is InChI=1S/C17H19N3OS/c1-17(2,3)13-9-15(21)20-10-14(19-16(20)18-13)22-11-12-7-5-4-6-8-12/h4-10H,11H2,1-3H3,(H,18,19). The van der Waals surface area contributed by atoms with Crippen LogP contribution in [-0.4, -0.2) is 14.4 Å². The van der Waals surface area contributed by atoms with Crippen molar-refractivity contribution in [2.24, 2.45) is 0 Å². The number of aromatic amines is 1. The van der Waals surface area contributed by atoms with Crippen molar-refractivity contribution in [1.82, 2.24) is 14.4 Å². The van der Waals surface area contributed by atoms with Crippen LogP contribution >= 0.6 is 11.8 Å². The Hall–Kier alpha value is -2.01. The summed E-state index contributed by atoms with van der Waals surface area (Å²) in [6.45, 7) is 6.22. The maximum atomic E-state index is 12.2. The monoisotopic (exact) mass is 313 g/mol. The van der Waals surface area contributed by atoms with Crippen molar-refractivity contribution in [2.45, 2.75) is 37.0 Å². The minimum atomic E-state index is -0.107. The van der Waals surface area contributed by atoms with Gasteiger partial charge in [0.15, 0.2) is 0 Å². The summed E-state index contributed by atoms with van der Waals surface area (Å²) >= 11 is 1.63. The Morgan fingerprint density at radius 2 is 1.95 bits per heavy atom. The van der Waals surface area contributed by atoms with E-state index in [1.54, 1.807) is 28.4 Å². The maximum absolute atomic E-state index is 12.2. The summed E-state index contributed by atoms with van der Waals surface area (Å²) in [7, 11) is 0. The van der Waals surface area contributed by atoms with Crippen molar-refractivity contribution in [3.05, 3.63) is 64.2 Å². The lowest BCUT2D eigenvalue weighted by atomic mass is 9.92. The topological polar surface area (TPSA) is 50.2 Å². The second kappa shape index (κ2) is 5.65. The van der Waals surface area contributed by atoms with Crippen LogP contribution in [0.15, 0.2) is 52.4 Å². The van der Waals surface area contributed by atoms with E-state index in [4.69, 9.17) is 0 Å². The number of thioether (sulfide) groups is 1. The summed E-state index contributed by atoms with van der Waals surface area (Å²) in [6.07, 6.45) is 1.80. The third kappa shape index (κ3) is 3.09. The molecule has 1 aromatic carbocycles. The molecule has 0 atom stereocenters. The van der Waals surface area contributed by atoms with E-state index in [2.05, 4.69) is 42.9 Å². The number of fused-ring (bicyclic) bond motifs is 1. The molecule has 3 aromatic rings. The van der Waals surface area contributed by atoms with Crippen LogP contribution in [0.5, 0.6) is 0 Å². The Kier molecular flexibility index (Phi) is 3.83. The Balaban J connectivity index is 1.90. The number of rotatable bonds is 3. The highest BCUT2D eigenvalue weighted by Gasteiger charge is 2.17. The molecule has 1 N–H and O–H groups in total. The van der Waals surface area contributed by atoms with E-state index in [0.717, 1.165) is 16.5 Å². The largest absolute Gasteiger partial charge is 0.328 e. The quantitative estimate of drug-likeness (QED) is 0.751. The van der Waals surface area contributed by atoms with Gasteiger partial charge in [-0.1, -0.05) is 51.1 Å². The zero-order valence-corrected chi connectivity index (χ0v) is 13.8. The molecule has 2 heterocycles. The van der Waals surface area contributed by atoms with Crippen LogP contribution in [0.2, 0.25) is 0 Å². The van der Waals surface area contributed by atoms with Gasteiger partial charge in [0.1, 0.15) is 5.03 Å². The van der Waals surface area contributed by atoms with Gasteiger partial charge in [-0.05, 0) is 5.56 Å². The van der Waals surface area contributed by atoms with Crippen molar-refractivity contribution in [2.75, 3.05) is 0 Å². The molecule has 0 saturated heterocycles. The summed E-state index contributed by atoms with van der Waals surface area (Å²) in [5.41, 5.74) is 1.99. The van der Waals surface area contributed by atoms with Crippen LogP contribution in [-0.2, 0) is 11.2 Å². The first kappa shape index (κ1) is 14.9. The Labute approximate surface area is 133 Å². The van der Waals surface area contributed by atoms with Crippen LogP contribution in [0.25, 0.3) is 5.78 Å². The van der Waals surface area contributed by atoms with Crippen LogP contribution in [0.3, 0.4) is 0 Å². The normalized spacial score (nSPS) is 12.0. The highest BCUT2D eigenvalue weighted by atomic mass is 32.2. The first-order valence-corrected chi connectivity index (χ1v) is 8.22. The van der Waals surface area contributed by atoms with Crippen LogP contribution in [0, 0.1) is 0 Å². The number of H-pyrrole nitrogens is 1. The zero-order valence-electron chi connectivity index (χ0n) is 13.0. The van der Waals surface area contributed by atoms with Gasteiger partial charge in [0.05, 0.1) is 0 Å². The van der Waals surface area contributed by atoms with Crippen molar-refractivity contribution < 1.29 is 0 Å². The molecule has 3 rings (SSSR count). The van der Waals surface area contributed by atoms with E-state index in [9.17, 15) is 4.79 Å². The molecule has 22 heavy (non-hydrogen) atoms. The van der Waals surface area contributed by atoms with E-state index < -0.39 is 0 Å². The number of nitrogens with one attached hydrogen (secondary N) is 1. The first-order valence-electron chi connectivity index (χ1n) is 7.23. The van der Waals surface area contributed by atoms with Crippen molar-refractivity contribution >= 4 is 17.5 Å². The fourth-order valence-electron chi connectivity index (χ4n) is 2.17. The van der Waals surface area contributed by atoms with E-state index in [1.165, 1.54) is 5.56 Å². The molecule has 5 heteroatoms.